The zero-order valence-corrected chi connectivity index (χ0v) is 18.5. The fourth-order valence-corrected chi connectivity index (χ4v) is 4.14. The molecule has 0 saturated carbocycles. The summed E-state index contributed by atoms with van der Waals surface area (Å²) >= 11 is 0. The highest BCUT2D eigenvalue weighted by Crippen LogP contribution is 2.38. The van der Waals surface area contributed by atoms with E-state index in [1.165, 1.54) is 12.1 Å². The Hall–Kier alpha value is -3.02. The summed E-state index contributed by atoms with van der Waals surface area (Å²) in [6.07, 6.45) is 0.665. The van der Waals surface area contributed by atoms with Crippen LogP contribution in [0.3, 0.4) is 0 Å². The number of hydrogen-bond donors (Lipinski definition) is 2. The van der Waals surface area contributed by atoms with Gasteiger partial charge in [-0.1, -0.05) is 0 Å². The molecule has 32 heavy (non-hydrogen) atoms. The Morgan fingerprint density at radius 2 is 1.78 bits per heavy atom. The van der Waals surface area contributed by atoms with Gasteiger partial charge in [-0.2, -0.15) is 8.42 Å². The summed E-state index contributed by atoms with van der Waals surface area (Å²) in [5.74, 6) is 2.27. The van der Waals surface area contributed by atoms with Crippen molar-refractivity contribution in [1.29, 1.82) is 0 Å². The van der Waals surface area contributed by atoms with Gasteiger partial charge in [-0.3, -0.25) is 0 Å². The maximum Gasteiger partial charge on any atom is 0.274 e. The fraction of sp³-hybridized carbons (Fsp3) is 0.333. The molecule has 2 heterocycles. The Morgan fingerprint density at radius 3 is 2.41 bits per heavy atom. The van der Waals surface area contributed by atoms with Crippen LogP contribution >= 0.6 is 0 Å². The maximum absolute atomic E-state index is 13.4. The van der Waals surface area contributed by atoms with Gasteiger partial charge in [0.1, 0.15) is 11.6 Å². The number of nitrogens with two attached hydrogens (primary N) is 1. The SMILES string of the molecule is COc1cc2nc(-c3ccc(F)cc3)nc(N3CC(CCNS(N)(=O)=O)C3)c2cc1OC. The van der Waals surface area contributed by atoms with Gasteiger partial charge in [0.2, 0.25) is 0 Å². The first-order valence-corrected chi connectivity index (χ1v) is 11.5. The van der Waals surface area contributed by atoms with Crippen LogP contribution in [0.4, 0.5) is 10.2 Å². The lowest BCUT2D eigenvalue weighted by atomic mass is 9.96. The van der Waals surface area contributed by atoms with Crippen molar-refractivity contribution >= 4 is 26.9 Å². The van der Waals surface area contributed by atoms with Gasteiger partial charge in [0.25, 0.3) is 10.2 Å². The lowest BCUT2D eigenvalue weighted by Gasteiger charge is -2.41. The van der Waals surface area contributed by atoms with Gasteiger partial charge in [0.15, 0.2) is 17.3 Å². The zero-order valence-electron chi connectivity index (χ0n) is 17.7. The highest BCUT2D eigenvalue weighted by Gasteiger charge is 2.30. The van der Waals surface area contributed by atoms with Crippen molar-refractivity contribution in [2.24, 2.45) is 11.1 Å². The molecule has 1 aliphatic heterocycles. The Kier molecular flexibility index (Phi) is 6.13. The van der Waals surface area contributed by atoms with Gasteiger partial charge in [-0.15, -0.1) is 0 Å². The molecule has 3 aromatic rings. The average Bonchev–Trinajstić information content (AvgIpc) is 2.73. The molecule has 1 saturated heterocycles. The molecule has 1 aromatic heterocycles. The number of nitrogens with zero attached hydrogens (tertiary/aromatic N) is 3. The molecule has 1 aliphatic rings. The van der Waals surface area contributed by atoms with Crippen molar-refractivity contribution < 1.29 is 22.3 Å². The van der Waals surface area contributed by atoms with Gasteiger partial charge >= 0.3 is 0 Å². The van der Waals surface area contributed by atoms with Crippen LogP contribution < -0.4 is 24.2 Å². The van der Waals surface area contributed by atoms with E-state index < -0.39 is 10.2 Å². The Balaban J connectivity index is 1.67. The first-order valence-electron chi connectivity index (χ1n) is 9.99. The summed E-state index contributed by atoms with van der Waals surface area (Å²) in [4.78, 5) is 11.5. The summed E-state index contributed by atoms with van der Waals surface area (Å²) in [5.41, 5.74) is 1.37. The summed E-state index contributed by atoms with van der Waals surface area (Å²) in [6.45, 7) is 1.69. The van der Waals surface area contributed by atoms with Gasteiger partial charge < -0.3 is 14.4 Å². The molecule has 9 nitrogen and oxygen atoms in total. The van der Waals surface area contributed by atoms with E-state index in [0.29, 0.717) is 53.8 Å². The minimum atomic E-state index is -3.69. The smallest absolute Gasteiger partial charge is 0.274 e. The maximum atomic E-state index is 13.4. The number of benzene rings is 2. The molecule has 0 bridgehead atoms. The van der Waals surface area contributed by atoms with E-state index in [0.717, 1.165) is 11.2 Å². The number of nitrogens with one attached hydrogen (secondary N) is 1. The second kappa shape index (κ2) is 8.85. The minimum Gasteiger partial charge on any atom is -0.493 e. The molecular weight excluding hydrogens is 437 g/mol. The van der Waals surface area contributed by atoms with E-state index in [9.17, 15) is 12.8 Å². The summed E-state index contributed by atoms with van der Waals surface area (Å²) in [5, 5.41) is 5.78. The van der Waals surface area contributed by atoms with Gasteiger partial charge in [-0.05, 0) is 42.7 Å². The largest absolute Gasteiger partial charge is 0.493 e. The number of fused-ring (bicyclic) bond motifs is 1. The van der Waals surface area contributed by atoms with Crippen LogP contribution in [0, 0.1) is 11.7 Å². The molecule has 0 spiro atoms. The van der Waals surface area contributed by atoms with Gasteiger partial charge in [0.05, 0.1) is 19.7 Å². The molecule has 0 aliphatic carbocycles. The quantitative estimate of drug-likeness (QED) is 0.527. The summed E-state index contributed by atoms with van der Waals surface area (Å²) in [6, 6.07) is 9.65. The molecule has 3 N–H and O–H groups in total. The first kappa shape index (κ1) is 22.2. The third-order valence-corrected chi connectivity index (χ3v) is 6.00. The van der Waals surface area contributed by atoms with E-state index in [2.05, 4.69) is 14.6 Å². The minimum absolute atomic E-state index is 0.285. The predicted octanol–water partition coefficient (Wildman–Crippen LogP) is 2.07. The first-order chi connectivity index (χ1) is 15.3. The predicted molar refractivity (Wildman–Crippen MR) is 119 cm³/mol. The highest BCUT2D eigenvalue weighted by atomic mass is 32.2. The molecule has 0 unspecified atom stereocenters. The van der Waals surface area contributed by atoms with Crippen molar-refractivity contribution in [3.05, 3.63) is 42.2 Å². The van der Waals surface area contributed by atoms with Crippen molar-refractivity contribution in [2.75, 3.05) is 38.8 Å². The standard InChI is InChI=1S/C21H24FN5O4S/c1-30-18-9-16-17(10-19(18)31-2)25-20(14-3-5-15(22)6-4-14)26-21(16)27-11-13(12-27)7-8-24-32(23,28)29/h3-6,9-10,13,24H,7-8,11-12H2,1-2H3,(H2,23,28,29). The van der Waals surface area contributed by atoms with Crippen LogP contribution in [0.2, 0.25) is 0 Å². The molecular formula is C21H24FN5O4S. The Morgan fingerprint density at radius 1 is 1.12 bits per heavy atom. The lowest BCUT2D eigenvalue weighted by molar-refractivity contribution is 0.355. The molecule has 1 fully saturated rings. The van der Waals surface area contributed by atoms with Gasteiger partial charge in [-0.25, -0.2) is 24.2 Å². The van der Waals surface area contributed by atoms with Crippen LogP contribution in [0.5, 0.6) is 11.5 Å². The molecule has 170 valence electrons. The van der Waals surface area contributed by atoms with E-state index in [1.54, 1.807) is 32.4 Å². The van der Waals surface area contributed by atoms with Gasteiger partial charge in [0, 0.05) is 36.7 Å². The van der Waals surface area contributed by atoms with Crippen LogP contribution in [0.25, 0.3) is 22.3 Å². The summed E-state index contributed by atoms with van der Waals surface area (Å²) < 4.78 is 48.7. The van der Waals surface area contributed by atoms with Crippen LogP contribution in [0.1, 0.15) is 6.42 Å². The number of anilines is 1. The van der Waals surface area contributed by atoms with E-state index in [4.69, 9.17) is 19.6 Å². The lowest BCUT2D eigenvalue weighted by Crippen LogP contribution is -2.48. The van der Waals surface area contributed by atoms with Crippen molar-refractivity contribution in [1.82, 2.24) is 14.7 Å². The van der Waals surface area contributed by atoms with Crippen LogP contribution in [0.15, 0.2) is 36.4 Å². The van der Waals surface area contributed by atoms with Crippen molar-refractivity contribution in [3.63, 3.8) is 0 Å². The van der Waals surface area contributed by atoms with E-state index in [-0.39, 0.29) is 12.4 Å². The van der Waals surface area contributed by atoms with Crippen LogP contribution in [-0.2, 0) is 10.2 Å². The fourth-order valence-electron chi connectivity index (χ4n) is 3.74. The molecule has 4 rings (SSSR count). The highest BCUT2D eigenvalue weighted by molar-refractivity contribution is 7.87. The van der Waals surface area contributed by atoms with Crippen molar-refractivity contribution in [2.45, 2.75) is 6.42 Å². The third-order valence-electron chi connectivity index (χ3n) is 5.40. The summed E-state index contributed by atoms with van der Waals surface area (Å²) in [7, 11) is -0.566. The van der Waals surface area contributed by atoms with Crippen LogP contribution in [-0.4, -0.2) is 52.2 Å². The average molecular weight is 462 g/mol. The Bertz CT molecular complexity index is 1230. The van der Waals surface area contributed by atoms with E-state index >= 15 is 0 Å². The third kappa shape index (κ3) is 4.74. The number of ether oxygens (including phenoxy) is 2. The normalized spacial score (nSPS) is 14.4. The number of aromatic nitrogens is 2. The molecule has 11 heteroatoms. The van der Waals surface area contributed by atoms with E-state index in [1.807, 2.05) is 6.07 Å². The zero-order chi connectivity index (χ0) is 22.9. The number of hydrogen-bond acceptors (Lipinski definition) is 7. The second-order valence-corrected chi connectivity index (χ2v) is 8.98. The molecule has 0 atom stereocenters. The topological polar surface area (TPSA) is 120 Å². The molecule has 0 amide bonds. The monoisotopic (exact) mass is 461 g/mol. The molecule has 2 aromatic carbocycles. The Labute approximate surface area is 185 Å². The second-order valence-electron chi connectivity index (χ2n) is 7.60. The molecule has 0 radical (unpaired) electrons. The van der Waals surface area contributed by atoms with Crippen molar-refractivity contribution in [3.8, 4) is 22.9 Å². The number of methoxy groups -OCH3 is 2. The number of rotatable bonds is 8. The number of halogens is 1.